The third-order valence-corrected chi connectivity index (χ3v) is 4.25. The molecule has 3 aromatic rings. The summed E-state index contributed by atoms with van der Waals surface area (Å²) in [5.74, 6) is -0.223. The molecule has 0 saturated heterocycles. The van der Waals surface area contributed by atoms with Gasteiger partial charge < -0.3 is 0 Å². The molecule has 0 aliphatic rings. The van der Waals surface area contributed by atoms with Crippen LogP contribution in [0.2, 0.25) is 0 Å². The molecule has 0 spiro atoms. The lowest BCUT2D eigenvalue weighted by molar-refractivity contribution is 0.102. The van der Waals surface area contributed by atoms with Crippen molar-refractivity contribution in [1.82, 2.24) is 14.4 Å². The number of imidazole rings is 1. The average molecular weight is 278 g/mol. The number of amides is 1. The molecule has 18 heavy (non-hydrogen) atoms. The number of thiazole rings is 2. The minimum Gasteiger partial charge on any atom is -0.296 e. The van der Waals surface area contributed by atoms with Crippen molar-refractivity contribution in [3.63, 3.8) is 0 Å². The van der Waals surface area contributed by atoms with Crippen molar-refractivity contribution in [1.29, 1.82) is 0 Å². The third-order valence-electron chi connectivity index (χ3n) is 2.46. The largest absolute Gasteiger partial charge is 0.296 e. The molecule has 92 valence electrons. The highest BCUT2D eigenvalue weighted by atomic mass is 32.1. The maximum atomic E-state index is 12.0. The van der Waals surface area contributed by atoms with E-state index in [1.165, 1.54) is 22.7 Å². The van der Waals surface area contributed by atoms with Crippen molar-refractivity contribution in [3.8, 4) is 0 Å². The molecule has 1 amide bonds. The molecule has 0 aliphatic heterocycles. The predicted octanol–water partition coefficient (Wildman–Crippen LogP) is 2.72. The van der Waals surface area contributed by atoms with Crippen LogP contribution in [0.1, 0.15) is 21.1 Å². The van der Waals surface area contributed by atoms with Crippen LogP contribution in [0.25, 0.3) is 4.96 Å². The van der Waals surface area contributed by atoms with Crippen molar-refractivity contribution in [2.24, 2.45) is 0 Å². The van der Waals surface area contributed by atoms with Gasteiger partial charge in [0, 0.05) is 28.3 Å². The number of carbonyl (C=O) groups is 1. The number of nitrogens with one attached hydrogen (secondary N) is 1. The van der Waals surface area contributed by atoms with E-state index in [-0.39, 0.29) is 5.91 Å². The van der Waals surface area contributed by atoms with Crippen molar-refractivity contribution in [2.45, 2.75) is 13.8 Å². The molecule has 0 bridgehead atoms. The summed E-state index contributed by atoms with van der Waals surface area (Å²) >= 11 is 2.97. The van der Waals surface area contributed by atoms with E-state index in [1.807, 2.05) is 23.6 Å². The number of carbonyl (C=O) groups excluding carboxylic acids is 1. The van der Waals surface area contributed by atoms with E-state index in [9.17, 15) is 4.79 Å². The average Bonchev–Trinajstić information content (AvgIpc) is 2.98. The second kappa shape index (κ2) is 4.18. The van der Waals surface area contributed by atoms with Gasteiger partial charge in [0.1, 0.15) is 5.69 Å². The summed E-state index contributed by atoms with van der Waals surface area (Å²) in [4.78, 5) is 22.3. The quantitative estimate of drug-likeness (QED) is 0.784. The van der Waals surface area contributed by atoms with Gasteiger partial charge in [-0.2, -0.15) is 0 Å². The maximum absolute atomic E-state index is 12.0. The van der Waals surface area contributed by atoms with Gasteiger partial charge in [0.25, 0.3) is 5.91 Å². The Morgan fingerprint density at radius 2 is 2.28 bits per heavy atom. The molecule has 0 aromatic carbocycles. The van der Waals surface area contributed by atoms with Crippen molar-refractivity contribution in [2.75, 3.05) is 5.32 Å². The Hall–Kier alpha value is -1.73. The monoisotopic (exact) mass is 278 g/mol. The summed E-state index contributed by atoms with van der Waals surface area (Å²) in [5, 5.41) is 5.36. The van der Waals surface area contributed by atoms with Crippen LogP contribution in [-0.2, 0) is 0 Å². The third kappa shape index (κ3) is 1.91. The van der Waals surface area contributed by atoms with E-state index in [0.29, 0.717) is 10.8 Å². The lowest BCUT2D eigenvalue weighted by Crippen LogP contribution is -2.11. The van der Waals surface area contributed by atoms with Gasteiger partial charge in [-0.3, -0.25) is 14.5 Å². The predicted molar refractivity (Wildman–Crippen MR) is 72.6 cm³/mol. The van der Waals surface area contributed by atoms with Crippen LogP contribution in [0.15, 0.2) is 17.8 Å². The Kier molecular flexibility index (Phi) is 2.64. The molecule has 3 heterocycles. The second-order valence-electron chi connectivity index (χ2n) is 3.89. The SMILES string of the molecule is Cc1cnc(NC(=O)c2cn3c(C)csc3n2)s1. The summed E-state index contributed by atoms with van der Waals surface area (Å²) in [6.45, 7) is 3.93. The highest BCUT2D eigenvalue weighted by Crippen LogP contribution is 2.19. The van der Waals surface area contributed by atoms with Crippen molar-refractivity contribution in [3.05, 3.63) is 34.0 Å². The fourth-order valence-electron chi connectivity index (χ4n) is 1.58. The van der Waals surface area contributed by atoms with E-state index < -0.39 is 0 Å². The van der Waals surface area contributed by atoms with E-state index in [1.54, 1.807) is 12.4 Å². The molecule has 0 fully saturated rings. The van der Waals surface area contributed by atoms with Gasteiger partial charge in [-0.25, -0.2) is 9.97 Å². The lowest BCUT2D eigenvalue weighted by atomic mass is 10.4. The standard InChI is InChI=1S/C11H10N4OS2/c1-6-5-17-11-13-8(4-15(6)11)9(16)14-10-12-3-7(2)18-10/h3-5H,1-2H3,(H,12,14,16). The number of aromatic nitrogens is 3. The number of nitrogens with zero attached hydrogens (tertiary/aromatic N) is 3. The molecule has 1 N–H and O–H groups in total. The molecule has 0 unspecified atom stereocenters. The molecule has 0 saturated carbocycles. The number of aryl methyl sites for hydroxylation is 2. The van der Waals surface area contributed by atoms with E-state index >= 15 is 0 Å². The molecule has 5 nitrogen and oxygen atoms in total. The van der Waals surface area contributed by atoms with Crippen LogP contribution in [-0.4, -0.2) is 20.3 Å². The molecule has 7 heteroatoms. The summed E-state index contributed by atoms with van der Waals surface area (Å²) in [6, 6.07) is 0. The smallest absolute Gasteiger partial charge is 0.277 e. The number of hydrogen-bond acceptors (Lipinski definition) is 5. The Morgan fingerprint density at radius 3 is 2.94 bits per heavy atom. The van der Waals surface area contributed by atoms with Crippen molar-refractivity contribution >= 4 is 38.7 Å². The minimum atomic E-state index is -0.223. The molecule has 0 atom stereocenters. The van der Waals surface area contributed by atoms with E-state index in [2.05, 4.69) is 15.3 Å². The number of fused-ring (bicyclic) bond motifs is 1. The first-order valence-electron chi connectivity index (χ1n) is 5.30. The van der Waals surface area contributed by atoms with Gasteiger partial charge in [-0.05, 0) is 13.8 Å². The number of rotatable bonds is 2. The zero-order valence-corrected chi connectivity index (χ0v) is 11.4. The molecule has 0 aliphatic carbocycles. The van der Waals surface area contributed by atoms with Crippen LogP contribution in [0, 0.1) is 13.8 Å². The van der Waals surface area contributed by atoms with Gasteiger partial charge in [-0.1, -0.05) is 0 Å². The van der Waals surface area contributed by atoms with Crippen LogP contribution in [0.5, 0.6) is 0 Å². The van der Waals surface area contributed by atoms with Crippen LogP contribution >= 0.6 is 22.7 Å². The maximum Gasteiger partial charge on any atom is 0.277 e. The zero-order valence-electron chi connectivity index (χ0n) is 9.80. The van der Waals surface area contributed by atoms with Gasteiger partial charge in [0.05, 0.1) is 0 Å². The summed E-state index contributed by atoms with van der Waals surface area (Å²) in [7, 11) is 0. The minimum absolute atomic E-state index is 0.223. The fourth-order valence-corrected chi connectivity index (χ4v) is 3.09. The molecular formula is C11H10N4OS2. The van der Waals surface area contributed by atoms with Crippen LogP contribution in [0.3, 0.4) is 0 Å². The Balaban J connectivity index is 1.87. The normalized spacial score (nSPS) is 11.0. The number of hydrogen-bond donors (Lipinski definition) is 1. The first kappa shape index (κ1) is 11.4. The Labute approximate surface area is 111 Å². The Morgan fingerprint density at radius 1 is 1.44 bits per heavy atom. The molecular weight excluding hydrogens is 268 g/mol. The van der Waals surface area contributed by atoms with Crippen molar-refractivity contribution < 1.29 is 4.79 Å². The van der Waals surface area contributed by atoms with Crippen LogP contribution in [0.4, 0.5) is 5.13 Å². The molecule has 3 rings (SSSR count). The summed E-state index contributed by atoms with van der Waals surface area (Å²) in [5.41, 5.74) is 1.49. The van der Waals surface area contributed by atoms with Gasteiger partial charge in [-0.15, -0.1) is 22.7 Å². The molecule has 3 aromatic heterocycles. The summed E-state index contributed by atoms with van der Waals surface area (Å²) in [6.07, 6.45) is 3.48. The first-order chi connectivity index (χ1) is 8.63. The topological polar surface area (TPSA) is 59.3 Å². The Bertz CT molecular complexity index is 724. The van der Waals surface area contributed by atoms with E-state index in [4.69, 9.17) is 0 Å². The fraction of sp³-hybridized carbons (Fsp3) is 0.182. The summed E-state index contributed by atoms with van der Waals surface area (Å²) < 4.78 is 1.91. The van der Waals surface area contributed by atoms with Gasteiger partial charge in [0.2, 0.25) is 0 Å². The van der Waals surface area contributed by atoms with Crippen LogP contribution < -0.4 is 5.32 Å². The number of anilines is 1. The highest BCUT2D eigenvalue weighted by molar-refractivity contribution is 7.15. The second-order valence-corrected chi connectivity index (χ2v) is 5.96. The lowest BCUT2D eigenvalue weighted by Gasteiger charge is -1.96. The van der Waals surface area contributed by atoms with Gasteiger partial charge >= 0.3 is 0 Å². The highest BCUT2D eigenvalue weighted by Gasteiger charge is 2.14. The molecule has 0 radical (unpaired) electrons. The van der Waals surface area contributed by atoms with E-state index in [0.717, 1.165) is 15.5 Å². The first-order valence-corrected chi connectivity index (χ1v) is 7.00. The zero-order chi connectivity index (χ0) is 12.7. The van der Waals surface area contributed by atoms with Gasteiger partial charge in [0.15, 0.2) is 10.1 Å².